The topological polar surface area (TPSA) is 55.3 Å². The summed E-state index contributed by atoms with van der Waals surface area (Å²) in [6, 6.07) is 4.00. The standard InChI is InChI=1S/C13H23N3O2/c1-3-6-14-10-12-5-4-8-16(12)11-13(17)15-7-9-18-2/h4-5,8,14H,3,6-7,9-11H2,1-2H3,(H,15,17). The molecule has 0 unspecified atom stereocenters. The number of methoxy groups -OCH3 is 1. The summed E-state index contributed by atoms with van der Waals surface area (Å²) in [6.07, 6.45) is 3.04. The lowest BCUT2D eigenvalue weighted by molar-refractivity contribution is -0.121. The minimum absolute atomic E-state index is 0.0139. The van der Waals surface area contributed by atoms with E-state index in [9.17, 15) is 4.79 Å². The van der Waals surface area contributed by atoms with Crippen LogP contribution in [-0.2, 0) is 22.6 Å². The predicted octanol–water partition coefficient (Wildman–Crippen LogP) is 0.750. The molecule has 5 nitrogen and oxygen atoms in total. The maximum Gasteiger partial charge on any atom is 0.240 e. The van der Waals surface area contributed by atoms with Crippen molar-refractivity contribution in [1.29, 1.82) is 0 Å². The van der Waals surface area contributed by atoms with Crippen molar-refractivity contribution >= 4 is 5.91 Å². The van der Waals surface area contributed by atoms with Crippen LogP contribution >= 0.6 is 0 Å². The molecule has 0 radical (unpaired) electrons. The lowest BCUT2D eigenvalue weighted by atomic mass is 10.4. The molecule has 0 aliphatic heterocycles. The highest BCUT2D eigenvalue weighted by Crippen LogP contribution is 2.01. The van der Waals surface area contributed by atoms with Gasteiger partial charge in [-0.2, -0.15) is 0 Å². The number of nitrogens with one attached hydrogen (secondary N) is 2. The minimum Gasteiger partial charge on any atom is -0.383 e. The van der Waals surface area contributed by atoms with E-state index in [1.54, 1.807) is 7.11 Å². The van der Waals surface area contributed by atoms with E-state index < -0.39 is 0 Å². The van der Waals surface area contributed by atoms with Crippen LogP contribution in [-0.4, -0.2) is 37.3 Å². The van der Waals surface area contributed by atoms with Crippen LogP contribution in [0.3, 0.4) is 0 Å². The quantitative estimate of drug-likeness (QED) is 0.639. The monoisotopic (exact) mass is 253 g/mol. The van der Waals surface area contributed by atoms with Crippen molar-refractivity contribution in [3.8, 4) is 0 Å². The smallest absolute Gasteiger partial charge is 0.240 e. The lowest BCUT2D eigenvalue weighted by Gasteiger charge is -2.10. The molecule has 0 aliphatic rings. The van der Waals surface area contributed by atoms with Crippen molar-refractivity contribution in [3.63, 3.8) is 0 Å². The Hall–Kier alpha value is -1.33. The molecular weight excluding hydrogens is 230 g/mol. The normalized spacial score (nSPS) is 10.6. The fourth-order valence-corrected chi connectivity index (χ4v) is 1.66. The molecule has 18 heavy (non-hydrogen) atoms. The van der Waals surface area contributed by atoms with Gasteiger partial charge >= 0.3 is 0 Å². The largest absolute Gasteiger partial charge is 0.383 e. The summed E-state index contributed by atoms with van der Waals surface area (Å²) < 4.78 is 6.85. The van der Waals surface area contributed by atoms with Gasteiger partial charge in [0.2, 0.25) is 5.91 Å². The number of carbonyl (C=O) groups is 1. The summed E-state index contributed by atoms with van der Waals surface area (Å²) in [6.45, 7) is 5.38. The zero-order valence-electron chi connectivity index (χ0n) is 11.2. The van der Waals surface area contributed by atoms with Gasteiger partial charge in [0.05, 0.1) is 6.61 Å². The maximum absolute atomic E-state index is 11.7. The second-order valence-electron chi connectivity index (χ2n) is 4.15. The van der Waals surface area contributed by atoms with Gasteiger partial charge in [-0.3, -0.25) is 4.79 Å². The van der Waals surface area contributed by atoms with Crippen molar-refractivity contribution in [3.05, 3.63) is 24.0 Å². The minimum atomic E-state index is 0.0139. The molecule has 0 saturated carbocycles. The van der Waals surface area contributed by atoms with Crippen molar-refractivity contribution in [2.75, 3.05) is 26.8 Å². The molecule has 1 amide bonds. The third kappa shape index (κ3) is 5.33. The summed E-state index contributed by atoms with van der Waals surface area (Å²) in [4.78, 5) is 11.7. The van der Waals surface area contributed by atoms with E-state index >= 15 is 0 Å². The van der Waals surface area contributed by atoms with Crippen molar-refractivity contribution in [2.45, 2.75) is 26.4 Å². The highest BCUT2D eigenvalue weighted by molar-refractivity contribution is 5.75. The van der Waals surface area contributed by atoms with E-state index in [-0.39, 0.29) is 5.91 Å². The van der Waals surface area contributed by atoms with E-state index in [1.165, 1.54) is 0 Å². The average molecular weight is 253 g/mol. The highest BCUT2D eigenvalue weighted by atomic mass is 16.5. The second-order valence-corrected chi connectivity index (χ2v) is 4.15. The third-order valence-electron chi connectivity index (χ3n) is 2.60. The molecule has 0 aliphatic carbocycles. The first-order chi connectivity index (χ1) is 8.77. The second kappa shape index (κ2) is 8.72. The Bertz CT molecular complexity index is 350. The van der Waals surface area contributed by atoms with E-state index in [2.05, 4.69) is 17.6 Å². The van der Waals surface area contributed by atoms with Crippen LogP contribution in [0.25, 0.3) is 0 Å². The molecular formula is C13H23N3O2. The molecule has 0 atom stereocenters. The molecule has 2 N–H and O–H groups in total. The number of nitrogens with zero attached hydrogens (tertiary/aromatic N) is 1. The fourth-order valence-electron chi connectivity index (χ4n) is 1.66. The van der Waals surface area contributed by atoms with Crippen LogP contribution < -0.4 is 10.6 Å². The lowest BCUT2D eigenvalue weighted by Crippen LogP contribution is -2.31. The molecule has 1 aromatic rings. The van der Waals surface area contributed by atoms with Gasteiger partial charge in [-0.1, -0.05) is 6.92 Å². The summed E-state index contributed by atoms with van der Waals surface area (Å²) in [5.41, 5.74) is 1.13. The molecule has 1 rings (SSSR count). The molecule has 0 bridgehead atoms. The van der Waals surface area contributed by atoms with Gasteiger partial charge < -0.3 is 19.9 Å². The van der Waals surface area contributed by atoms with Crippen LogP contribution in [0.4, 0.5) is 0 Å². The summed E-state index contributed by atoms with van der Waals surface area (Å²) in [5.74, 6) is 0.0139. The van der Waals surface area contributed by atoms with Crippen molar-refractivity contribution < 1.29 is 9.53 Å². The molecule has 0 spiro atoms. The molecule has 1 aromatic heterocycles. The Kier molecular flexibility index (Phi) is 7.13. The maximum atomic E-state index is 11.7. The number of ether oxygens (including phenoxy) is 1. The first-order valence-electron chi connectivity index (χ1n) is 6.38. The first-order valence-corrected chi connectivity index (χ1v) is 6.38. The Balaban J connectivity index is 2.36. The Morgan fingerprint density at radius 3 is 3.00 bits per heavy atom. The summed E-state index contributed by atoms with van der Waals surface area (Å²) in [7, 11) is 1.62. The summed E-state index contributed by atoms with van der Waals surface area (Å²) in [5, 5.41) is 6.14. The molecule has 5 heteroatoms. The summed E-state index contributed by atoms with van der Waals surface area (Å²) >= 11 is 0. The van der Waals surface area contributed by atoms with E-state index in [0.29, 0.717) is 19.7 Å². The van der Waals surface area contributed by atoms with Crippen molar-refractivity contribution in [1.82, 2.24) is 15.2 Å². The van der Waals surface area contributed by atoms with Gasteiger partial charge in [0.15, 0.2) is 0 Å². The Labute approximate surface area is 109 Å². The van der Waals surface area contributed by atoms with Crippen LogP contribution in [0.2, 0.25) is 0 Å². The van der Waals surface area contributed by atoms with Gasteiger partial charge in [-0.05, 0) is 25.1 Å². The van der Waals surface area contributed by atoms with Gasteiger partial charge in [0.1, 0.15) is 6.54 Å². The number of amides is 1. The number of hydrogen-bond acceptors (Lipinski definition) is 3. The van der Waals surface area contributed by atoms with Gasteiger partial charge in [0, 0.05) is 32.1 Å². The molecule has 102 valence electrons. The van der Waals surface area contributed by atoms with E-state index in [0.717, 1.165) is 25.2 Å². The van der Waals surface area contributed by atoms with Gasteiger partial charge in [-0.25, -0.2) is 0 Å². The van der Waals surface area contributed by atoms with E-state index in [4.69, 9.17) is 4.74 Å². The van der Waals surface area contributed by atoms with Gasteiger partial charge in [0.25, 0.3) is 0 Å². The SMILES string of the molecule is CCCNCc1cccn1CC(=O)NCCOC. The third-order valence-corrected chi connectivity index (χ3v) is 2.60. The van der Waals surface area contributed by atoms with Crippen LogP contribution in [0.1, 0.15) is 19.0 Å². The van der Waals surface area contributed by atoms with Crippen LogP contribution in [0, 0.1) is 0 Å². The van der Waals surface area contributed by atoms with Crippen LogP contribution in [0.15, 0.2) is 18.3 Å². The molecule has 0 aromatic carbocycles. The number of carbonyl (C=O) groups excluding carboxylic acids is 1. The number of hydrogen-bond donors (Lipinski definition) is 2. The van der Waals surface area contributed by atoms with Gasteiger partial charge in [-0.15, -0.1) is 0 Å². The van der Waals surface area contributed by atoms with Crippen LogP contribution in [0.5, 0.6) is 0 Å². The Morgan fingerprint density at radius 1 is 1.44 bits per heavy atom. The average Bonchev–Trinajstić information content (AvgIpc) is 2.77. The molecule has 0 fully saturated rings. The Morgan fingerprint density at radius 2 is 2.28 bits per heavy atom. The highest BCUT2D eigenvalue weighted by Gasteiger charge is 2.05. The van der Waals surface area contributed by atoms with E-state index in [1.807, 2.05) is 22.9 Å². The number of aromatic nitrogens is 1. The molecule has 1 heterocycles. The number of rotatable bonds is 9. The fraction of sp³-hybridized carbons (Fsp3) is 0.615. The zero-order chi connectivity index (χ0) is 13.2. The first kappa shape index (κ1) is 14.7. The van der Waals surface area contributed by atoms with Crippen molar-refractivity contribution in [2.24, 2.45) is 0 Å². The zero-order valence-corrected chi connectivity index (χ0v) is 11.2. The predicted molar refractivity (Wildman–Crippen MR) is 71.3 cm³/mol. The molecule has 0 saturated heterocycles.